The van der Waals surface area contributed by atoms with Gasteiger partial charge in [0.2, 0.25) is 0 Å². The third kappa shape index (κ3) is 5.79. The van der Waals surface area contributed by atoms with Crippen LogP contribution in [0.1, 0.15) is 77.2 Å². The fourth-order valence-electron chi connectivity index (χ4n) is 3.61. The molecule has 0 radical (unpaired) electrons. The minimum absolute atomic E-state index is 0. The Hall–Kier alpha value is -1.05. The molecule has 0 amide bonds. The Bertz CT molecular complexity index is 595. The Labute approximate surface area is 154 Å². The van der Waals surface area contributed by atoms with Crippen LogP contribution in [0.25, 0.3) is 10.8 Å². The van der Waals surface area contributed by atoms with Crippen molar-refractivity contribution in [1.29, 1.82) is 0 Å². The van der Waals surface area contributed by atoms with E-state index in [2.05, 4.69) is 63.2 Å². The molecule has 134 valence electrons. The monoisotopic (exact) mass is 347 g/mol. The highest BCUT2D eigenvalue weighted by atomic mass is 35.5. The maximum atomic E-state index is 6.57. The number of halogens is 1. The molecular weight excluding hydrogens is 314 g/mol. The van der Waals surface area contributed by atoms with Gasteiger partial charge in [0, 0.05) is 11.5 Å². The van der Waals surface area contributed by atoms with Crippen LogP contribution in [0, 0.1) is 0 Å². The van der Waals surface area contributed by atoms with Crippen LogP contribution in [0.2, 0.25) is 0 Å². The molecule has 0 fully saturated rings. The van der Waals surface area contributed by atoms with Gasteiger partial charge >= 0.3 is 0 Å². The van der Waals surface area contributed by atoms with Crippen molar-refractivity contribution in [2.45, 2.75) is 77.2 Å². The number of hydrogen-bond acceptors (Lipinski definition) is 1. The first kappa shape index (κ1) is 21.0. The normalized spacial score (nSPS) is 12.8. The standard InChI is InChI=1S/C22H33N.ClH/c1-4-5-6-7-8-9-17-21(22(2,3)23)20-16-12-14-18-13-10-11-15-19(18)20;/h10-16,21H,4-9,17,23H2,1-3H3;1H. The smallest absolute Gasteiger partial charge is 0.0166 e. The number of rotatable bonds is 9. The quantitative estimate of drug-likeness (QED) is 0.494. The van der Waals surface area contributed by atoms with Crippen molar-refractivity contribution in [3.63, 3.8) is 0 Å². The number of fused-ring (bicyclic) bond motifs is 1. The van der Waals surface area contributed by atoms with Gasteiger partial charge in [-0.15, -0.1) is 12.4 Å². The molecule has 2 rings (SSSR count). The maximum absolute atomic E-state index is 6.57. The summed E-state index contributed by atoms with van der Waals surface area (Å²) in [5, 5.41) is 2.69. The van der Waals surface area contributed by atoms with Gasteiger partial charge in [-0.05, 0) is 36.6 Å². The fourth-order valence-corrected chi connectivity index (χ4v) is 3.61. The number of hydrogen-bond donors (Lipinski definition) is 1. The molecule has 1 atom stereocenters. The SMILES string of the molecule is CCCCCCCCC(c1cccc2ccccc12)C(C)(C)N.Cl. The molecule has 2 N–H and O–H groups in total. The van der Waals surface area contributed by atoms with Crippen LogP contribution in [-0.2, 0) is 0 Å². The average Bonchev–Trinajstić information content (AvgIpc) is 2.53. The zero-order chi connectivity index (χ0) is 16.7. The summed E-state index contributed by atoms with van der Waals surface area (Å²) >= 11 is 0. The molecule has 1 unspecified atom stereocenters. The zero-order valence-corrected chi connectivity index (χ0v) is 16.4. The van der Waals surface area contributed by atoms with Crippen LogP contribution in [0.4, 0.5) is 0 Å². The van der Waals surface area contributed by atoms with Crippen LogP contribution in [0.15, 0.2) is 42.5 Å². The van der Waals surface area contributed by atoms with E-state index in [4.69, 9.17) is 5.73 Å². The zero-order valence-electron chi connectivity index (χ0n) is 15.6. The van der Waals surface area contributed by atoms with Crippen molar-refractivity contribution < 1.29 is 0 Å². The summed E-state index contributed by atoms with van der Waals surface area (Å²) in [4.78, 5) is 0. The number of benzene rings is 2. The van der Waals surface area contributed by atoms with Gasteiger partial charge in [-0.2, -0.15) is 0 Å². The Balaban J connectivity index is 0.00000288. The van der Waals surface area contributed by atoms with Crippen LogP contribution in [0.3, 0.4) is 0 Å². The summed E-state index contributed by atoms with van der Waals surface area (Å²) in [5.74, 6) is 0.416. The predicted octanol–water partition coefficient (Wildman–Crippen LogP) is 6.83. The van der Waals surface area contributed by atoms with E-state index in [-0.39, 0.29) is 17.9 Å². The van der Waals surface area contributed by atoms with E-state index in [9.17, 15) is 0 Å². The Morgan fingerprint density at radius 2 is 1.50 bits per heavy atom. The first-order valence-electron chi connectivity index (χ1n) is 9.30. The third-order valence-electron chi connectivity index (χ3n) is 4.94. The van der Waals surface area contributed by atoms with E-state index in [1.165, 1.54) is 61.3 Å². The van der Waals surface area contributed by atoms with E-state index >= 15 is 0 Å². The van der Waals surface area contributed by atoms with Crippen molar-refractivity contribution in [2.75, 3.05) is 0 Å². The highest BCUT2D eigenvalue weighted by molar-refractivity contribution is 5.86. The van der Waals surface area contributed by atoms with Crippen molar-refractivity contribution in [1.82, 2.24) is 0 Å². The second-order valence-electron chi connectivity index (χ2n) is 7.50. The topological polar surface area (TPSA) is 26.0 Å². The maximum Gasteiger partial charge on any atom is 0.0166 e. The molecule has 2 heteroatoms. The summed E-state index contributed by atoms with van der Waals surface area (Å²) < 4.78 is 0. The van der Waals surface area contributed by atoms with Gasteiger partial charge in [0.15, 0.2) is 0 Å². The molecule has 24 heavy (non-hydrogen) atoms. The molecule has 0 saturated carbocycles. The summed E-state index contributed by atoms with van der Waals surface area (Å²) in [7, 11) is 0. The van der Waals surface area contributed by atoms with Crippen molar-refractivity contribution >= 4 is 23.2 Å². The van der Waals surface area contributed by atoms with Gasteiger partial charge in [0.25, 0.3) is 0 Å². The van der Waals surface area contributed by atoms with Crippen molar-refractivity contribution in [2.24, 2.45) is 5.73 Å². The Morgan fingerprint density at radius 3 is 2.21 bits per heavy atom. The highest BCUT2D eigenvalue weighted by Gasteiger charge is 2.27. The Morgan fingerprint density at radius 1 is 0.875 bits per heavy atom. The molecule has 1 nitrogen and oxygen atoms in total. The van der Waals surface area contributed by atoms with Crippen LogP contribution in [0.5, 0.6) is 0 Å². The molecular formula is C22H34ClN. The summed E-state index contributed by atoms with van der Waals surface area (Å²) in [6, 6.07) is 15.3. The van der Waals surface area contributed by atoms with E-state index in [1.54, 1.807) is 0 Å². The van der Waals surface area contributed by atoms with Crippen molar-refractivity contribution in [3.8, 4) is 0 Å². The van der Waals surface area contributed by atoms with E-state index in [0.717, 1.165) is 0 Å². The fraction of sp³-hybridized carbons (Fsp3) is 0.545. The highest BCUT2D eigenvalue weighted by Crippen LogP contribution is 2.35. The third-order valence-corrected chi connectivity index (χ3v) is 4.94. The lowest BCUT2D eigenvalue weighted by Crippen LogP contribution is -2.39. The first-order valence-corrected chi connectivity index (χ1v) is 9.30. The lowest BCUT2D eigenvalue weighted by molar-refractivity contribution is 0.378. The largest absolute Gasteiger partial charge is 0.325 e. The first-order chi connectivity index (χ1) is 11.0. The second-order valence-corrected chi connectivity index (χ2v) is 7.50. The average molecular weight is 348 g/mol. The molecule has 0 bridgehead atoms. The Kier molecular flexibility index (Phi) is 8.80. The van der Waals surface area contributed by atoms with E-state index in [1.807, 2.05) is 0 Å². The molecule has 0 spiro atoms. The summed E-state index contributed by atoms with van der Waals surface area (Å²) in [6.07, 6.45) is 9.21. The summed E-state index contributed by atoms with van der Waals surface area (Å²) in [6.45, 7) is 6.63. The molecule has 0 saturated heterocycles. The predicted molar refractivity (Wildman–Crippen MR) is 110 cm³/mol. The van der Waals surface area contributed by atoms with E-state index in [0.29, 0.717) is 5.92 Å². The van der Waals surface area contributed by atoms with Gasteiger partial charge in [-0.3, -0.25) is 0 Å². The van der Waals surface area contributed by atoms with Crippen molar-refractivity contribution in [3.05, 3.63) is 48.0 Å². The lowest BCUT2D eigenvalue weighted by atomic mass is 9.77. The molecule has 0 aliphatic rings. The van der Waals surface area contributed by atoms with E-state index < -0.39 is 0 Å². The number of unbranched alkanes of at least 4 members (excludes halogenated alkanes) is 5. The van der Waals surface area contributed by atoms with Gasteiger partial charge in [-0.25, -0.2) is 0 Å². The van der Waals surface area contributed by atoms with Gasteiger partial charge < -0.3 is 5.73 Å². The molecule has 0 heterocycles. The molecule has 2 aromatic carbocycles. The van der Waals surface area contributed by atoms with Gasteiger partial charge in [-0.1, -0.05) is 87.9 Å². The van der Waals surface area contributed by atoms with Gasteiger partial charge in [0.1, 0.15) is 0 Å². The minimum Gasteiger partial charge on any atom is -0.325 e. The summed E-state index contributed by atoms with van der Waals surface area (Å²) in [5.41, 5.74) is 7.80. The lowest BCUT2D eigenvalue weighted by Gasteiger charge is -2.32. The van der Waals surface area contributed by atoms with Crippen LogP contribution < -0.4 is 5.73 Å². The molecule has 0 aromatic heterocycles. The van der Waals surface area contributed by atoms with Crippen LogP contribution in [-0.4, -0.2) is 5.54 Å². The second kappa shape index (κ2) is 10.1. The van der Waals surface area contributed by atoms with Crippen LogP contribution >= 0.6 is 12.4 Å². The number of nitrogens with two attached hydrogens (primary N) is 1. The molecule has 2 aromatic rings. The minimum atomic E-state index is -0.187. The molecule has 0 aliphatic carbocycles. The molecule has 0 aliphatic heterocycles. The van der Waals surface area contributed by atoms with Gasteiger partial charge in [0.05, 0.1) is 0 Å².